The Bertz CT molecular complexity index is 525. The lowest BCUT2D eigenvalue weighted by atomic mass is 10.1. The van der Waals surface area contributed by atoms with Crippen LogP contribution in [0, 0.1) is 5.82 Å². The molecule has 1 aliphatic heterocycles. The van der Waals surface area contributed by atoms with E-state index in [9.17, 15) is 12.8 Å². The van der Waals surface area contributed by atoms with Gasteiger partial charge in [0.2, 0.25) is 10.0 Å². The number of sulfonamides is 1. The second-order valence-corrected chi connectivity index (χ2v) is 6.80. The van der Waals surface area contributed by atoms with Crippen LogP contribution < -0.4 is 4.72 Å². The molecule has 0 amide bonds. The maximum atomic E-state index is 13.5. The van der Waals surface area contributed by atoms with Crippen molar-refractivity contribution in [2.45, 2.75) is 24.6 Å². The smallest absolute Gasteiger partial charge is 0.216 e. The molecule has 0 spiro atoms. The van der Waals surface area contributed by atoms with E-state index in [-0.39, 0.29) is 17.4 Å². The average Bonchev–Trinajstić information content (AvgIpc) is 2.35. The van der Waals surface area contributed by atoms with Crippen molar-refractivity contribution < 1.29 is 12.8 Å². The Labute approximate surface area is 113 Å². The van der Waals surface area contributed by atoms with Crippen molar-refractivity contribution in [1.82, 2.24) is 9.62 Å². The maximum Gasteiger partial charge on any atom is 0.216 e. The standard InChI is InChI=1S/C13H19FN2O2S/c1-16-8-6-12(7-9-16)15-19(17,18)10-11-4-2-3-5-13(11)14/h2-5,12,15H,6-10H2,1H3. The maximum absolute atomic E-state index is 13.5. The summed E-state index contributed by atoms with van der Waals surface area (Å²) < 4.78 is 40.1. The molecule has 1 N–H and O–H groups in total. The fourth-order valence-corrected chi connectivity index (χ4v) is 3.71. The minimum absolute atomic E-state index is 0.0343. The van der Waals surface area contributed by atoms with E-state index in [2.05, 4.69) is 9.62 Å². The highest BCUT2D eigenvalue weighted by Crippen LogP contribution is 2.13. The van der Waals surface area contributed by atoms with Crippen LogP contribution in [-0.2, 0) is 15.8 Å². The summed E-state index contributed by atoms with van der Waals surface area (Å²) in [7, 11) is -1.46. The minimum Gasteiger partial charge on any atom is -0.306 e. The van der Waals surface area contributed by atoms with Gasteiger partial charge in [-0.15, -0.1) is 0 Å². The van der Waals surface area contributed by atoms with Gasteiger partial charge in [-0.1, -0.05) is 18.2 Å². The van der Waals surface area contributed by atoms with Crippen LogP contribution in [0.1, 0.15) is 18.4 Å². The molecule has 0 atom stereocenters. The lowest BCUT2D eigenvalue weighted by molar-refractivity contribution is 0.248. The third kappa shape index (κ3) is 4.26. The molecule has 106 valence electrons. The monoisotopic (exact) mass is 286 g/mol. The van der Waals surface area contributed by atoms with Gasteiger partial charge >= 0.3 is 0 Å². The summed E-state index contributed by atoms with van der Waals surface area (Å²) >= 11 is 0. The topological polar surface area (TPSA) is 49.4 Å². The first-order chi connectivity index (χ1) is 8.96. The van der Waals surface area contributed by atoms with Crippen molar-refractivity contribution in [1.29, 1.82) is 0 Å². The van der Waals surface area contributed by atoms with Crippen molar-refractivity contribution in [2.75, 3.05) is 20.1 Å². The molecule has 6 heteroatoms. The zero-order valence-corrected chi connectivity index (χ0v) is 11.8. The Morgan fingerprint density at radius 1 is 1.32 bits per heavy atom. The molecule has 4 nitrogen and oxygen atoms in total. The third-order valence-electron chi connectivity index (χ3n) is 3.37. The molecular formula is C13H19FN2O2S. The highest BCUT2D eigenvalue weighted by Gasteiger charge is 2.22. The molecule has 1 saturated heterocycles. The number of halogens is 1. The van der Waals surface area contributed by atoms with Crippen LogP contribution in [0.2, 0.25) is 0 Å². The van der Waals surface area contributed by atoms with Crippen LogP contribution in [-0.4, -0.2) is 39.5 Å². The SMILES string of the molecule is CN1CCC(NS(=O)(=O)Cc2ccccc2F)CC1. The molecule has 0 aliphatic carbocycles. The Morgan fingerprint density at radius 3 is 2.58 bits per heavy atom. The third-order valence-corrected chi connectivity index (χ3v) is 4.75. The largest absolute Gasteiger partial charge is 0.306 e. The van der Waals surface area contributed by atoms with Crippen LogP contribution in [0.3, 0.4) is 0 Å². The number of piperidine rings is 1. The van der Waals surface area contributed by atoms with Crippen LogP contribution in [0.4, 0.5) is 4.39 Å². The first-order valence-electron chi connectivity index (χ1n) is 6.38. The number of likely N-dealkylation sites (tertiary alicyclic amines) is 1. The molecule has 1 heterocycles. The fourth-order valence-electron chi connectivity index (χ4n) is 2.24. The summed E-state index contributed by atoms with van der Waals surface area (Å²) in [6.45, 7) is 1.76. The Morgan fingerprint density at radius 2 is 1.95 bits per heavy atom. The first kappa shape index (κ1) is 14.4. The number of benzene rings is 1. The van der Waals surface area contributed by atoms with E-state index in [4.69, 9.17) is 0 Å². The summed E-state index contributed by atoms with van der Waals surface area (Å²) in [5.74, 6) is -0.775. The van der Waals surface area contributed by atoms with Gasteiger partial charge in [0, 0.05) is 11.6 Å². The molecule has 2 rings (SSSR count). The zero-order chi connectivity index (χ0) is 13.9. The first-order valence-corrected chi connectivity index (χ1v) is 8.03. The molecular weight excluding hydrogens is 267 g/mol. The van der Waals surface area contributed by atoms with Gasteiger partial charge < -0.3 is 4.90 Å². The van der Waals surface area contributed by atoms with Gasteiger partial charge in [0.25, 0.3) is 0 Å². The number of hydrogen-bond donors (Lipinski definition) is 1. The van der Waals surface area contributed by atoms with Crippen molar-refractivity contribution >= 4 is 10.0 Å². The molecule has 1 fully saturated rings. The highest BCUT2D eigenvalue weighted by molar-refractivity contribution is 7.88. The molecule has 19 heavy (non-hydrogen) atoms. The van der Waals surface area contributed by atoms with E-state index in [0.29, 0.717) is 0 Å². The van der Waals surface area contributed by atoms with E-state index in [1.165, 1.54) is 12.1 Å². The Hall–Kier alpha value is -0.980. The second-order valence-electron chi connectivity index (χ2n) is 5.05. The molecule has 1 aromatic rings. The summed E-state index contributed by atoms with van der Waals surface area (Å²) in [4.78, 5) is 2.17. The highest BCUT2D eigenvalue weighted by atomic mass is 32.2. The summed E-state index contributed by atoms with van der Waals surface area (Å²) in [5, 5.41) is 0. The summed E-state index contributed by atoms with van der Waals surface area (Å²) in [5.41, 5.74) is 0.211. The molecule has 0 aromatic heterocycles. The zero-order valence-electron chi connectivity index (χ0n) is 11.0. The van der Waals surface area contributed by atoms with Gasteiger partial charge in [-0.05, 0) is 39.0 Å². The van der Waals surface area contributed by atoms with E-state index in [0.717, 1.165) is 25.9 Å². The van der Waals surface area contributed by atoms with E-state index in [1.807, 2.05) is 7.05 Å². The normalized spacial score (nSPS) is 18.6. The van der Waals surface area contributed by atoms with Crippen molar-refractivity contribution in [3.8, 4) is 0 Å². The average molecular weight is 286 g/mol. The van der Waals surface area contributed by atoms with Crippen LogP contribution in [0.15, 0.2) is 24.3 Å². The fraction of sp³-hybridized carbons (Fsp3) is 0.538. The lowest BCUT2D eigenvalue weighted by Gasteiger charge is -2.29. The minimum atomic E-state index is -3.48. The number of rotatable bonds is 4. The van der Waals surface area contributed by atoms with Gasteiger partial charge in [0.05, 0.1) is 5.75 Å². The molecule has 0 radical (unpaired) electrons. The van der Waals surface area contributed by atoms with Gasteiger partial charge in [-0.25, -0.2) is 17.5 Å². The molecule has 0 bridgehead atoms. The van der Waals surface area contributed by atoms with E-state index < -0.39 is 15.8 Å². The predicted octanol–water partition coefficient (Wildman–Crippen LogP) is 1.34. The quantitative estimate of drug-likeness (QED) is 0.908. The Kier molecular flexibility index (Phi) is 4.54. The van der Waals surface area contributed by atoms with Gasteiger partial charge in [0.1, 0.15) is 5.82 Å². The number of nitrogens with one attached hydrogen (secondary N) is 1. The predicted molar refractivity (Wildman–Crippen MR) is 72.7 cm³/mol. The van der Waals surface area contributed by atoms with Crippen molar-refractivity contribution in [3.05, 3.63) is 35.6 Å². The van der Waals surface area contributed by atoms with Crippen LogP contribution in [0.25, 0.3) is 0 Å². The van der Waals surface area contributed by atoms with Gasteiger partial charge in [-0.2, -0.15) is 0 Å². The van der Waals surface area contributed by atoms with Gasteiger partial charge in [0.15, 0.2) is 0 Å². The van der Waals surface area contributed by atoms with Crippen molar-refractivity contribution in [3.63, 3.8) is 0 Å². The second kappa shape index (κ2) is 5.98. The summed E-state index contributed by atoms with van der Waals surface area (Å²) in [6.07, 6.45) is 1.60. The van der Waals surface area contributed by atoms with E-state index in [1.54, 1.807) is 12.1 Å². The van der Waals surface area contributed by atoms with Crippen LogP contribution >= 0.6 is 0 Å². The van der Waals surface area contributed by atoms with Crippen molar-refractivity contribution in [2.24, 2.45) is 0 Å². The number of nitrogens with zero attached hydrogens (tertiary/aromatic N) is 1. The molecule has 1 aromatic carbocycles. The lowest BCUT2D eigenvalue weighted by Crippen LogP contribution is -2.43. The van der Waals surface area contributed by atoms with Crippen LogP contribution in [0.5, 0.6) is 0 Å². The van der Waals surface area contributed by atoms with Gasteiger partial charge in [-0.3, -0.25) is 0 Å². The van der Waals surface area contributed by atoms with E-state index >= 15 is 0 Å². The molecule has 1 aliphatic rings. The Balaban J connectivity index is 1.97. The molecule has 0 unspecified atom stereocenters. The summed E-state index contributed by atoms with van der Waals surface area (Å²) in [6, 6.07) is 5.94. The number of hydrogen-bond acceptors (Lipinski definition) is 3. The molecule has 0 saturated carbocycles.